The van der Waals surface area contributed by atoms with Crippen LogP contribution in [0.1, 0.15) is 12.6 Å². The Kier molecular flexibility index (Phi) is 6.35. The molecule has 124 valence electrons. The second-order valence-corrected chi connectivity index (χ2v) is 5.66. The number of nitrogens with one attached hydrogen (secondary N) is 1. The van der Waals surface area contributed by atoms with Gasteiger partial charge in [-0.1, -0.05) is 0 Å². The van der Waals surface area contributed by atoms with E-state index in [1.807, 2.05) is 27.0 Å². The Hall–Kier alpha value is -1.44. The molecule has 0 atom stereocenters. The second-order valence-electron chi connectivity index (χ2n) is 5.66. The van der Waals surface area contributed by atoms with Crippen molar-refractivity contribution in [1.82, 2.24) is 19.6 Å². The fraction of sp³-hybridized carbons (Fsp3) is 0.733. The predicted octanol–water partition coefficient (Wildman–Crippen LogP) is 0.321. The molecule has 1 aliphatic heterocycles. The van der Waals surface area contributed by atoms with E-state index in [-0.39, 0.29) is 5.91 Å². The molecule has 22 heavy (non-hydrogen) atoms. The Morgan fingerprint density at radius 2 is 2.00 bits per heavy atom. The molecule has 1 aromatic heterocycles. The van der Waals surface area contributed by atoms with E-state index in [0.29, 0.717) is 6.54 Å². The maximum absolute atomic E-state index is 12.1. The van der Waals surface area contributed by atoms with Gasteiger partial charge in [-0.2, -0.15) is 5.10 Å². The zero-order valence-electron chi connectivity index (χ0n) is 13.8. The molecule has 0 aliphatic carbocycles. The molecule has 1 fully saturated rings. The highest BCUT2D eigenvalue weighted by molar-refractivity contribution is 5.91. The highest BCUT2D eigenvalue weighted by Crippen LogP contribution is 2.08. The summed E-state index contributed by atoms with van der Waals surface area (Å²) in [7, 11) is 1.83. The van der Waals surface area contributed by atoms with Crippen molar-refractivity contribution in [2.24, 2.45) is 7.05 Å². The third-order valence-corrected chi connectivity index (χ3v) is 3.86. The van der Waals surface area contributed by atoms with E-state index in [2.05, 4.69) is 20.2 Å². The lowest BCUT2D eigenvalue weighted by Gasteiger charge is -2.34. The number of anilines is 1. The average Bonchev–Trinajstić information content (AvgIpc) is 2.79. The molecular formula is C15H27N5O2. The molecule has 0 unspecified atom stereocenters. The number of hydrogen-bond donors (Lipinski definition) is 1. The molecule has 2 heterocycles. The van der Waals surface area contributed by atoms with Crippen molar-refractivity contribution in [2.75, 3.05) is 57.8 Å². The molecule has 7 nitrogen and oxygen atoms in total. The molecule has 1 aromatic rings. The van der Waals surface area contributed by atoms with Crippen LogP contribution < -0.4 is 5.32 Å². The predicted molar refractivity (Wildman–Crippen MR) is 85.9 cm³/mol. The van der Waals surface area contributed by atoms with Gasteiger partial charge in [0.1, 0.15) is 5.82 Å². The van der Waals surface area contributed by atoms with E-state index in [4.69, 9.17) is 4.74 Å². The number of rotatable bonds is 7. The molecule has 0 saturated carbocycles. The van der Waals surface area contributed by atoms with Gasteiger partial charge in [-0.15, -0.1) is 0 Å². The largest absolute Gasteiger partial charge is 0.380 e. The number of carbonyl (C=O) groups is 1. The first-order valence-electron chi connectivity index (χ1n) is 7.91. The minimum atomic E-state index is 0.0192. The van der Waals surface area contributed by atoms with Crippen LogP contribution in [-0.4, -0.2) is 78.0 Å². The van der Waals surface area contributed by atoms with Crippen molar-refractivity contribution in [3.8, 4) is 0 Å². The number of carbonyl (C=O) groups excluding carboxylic acids is 1. The Morgan fingerprint density at radius 1 is 1.32 bits per heavy atom. The molecular weight excluding hydrogens is 282 g/mol. The summed E-state index contributed by atoms with van der Waals surface area (Å²) in [4.78, 5) is 16.7. The van der Waals surface area contributed by atoms with Crippen molar-refractivity contribution < 1.29 is 9.53 Å². The first-order chi connectivity index (χ1) is 10.6. The molecule has 0 radical (unpaired) electrons. The second kappa shape index (κ2) is 8.26. The summed E-state index contributed by atoms with van der Waals surface area (Å²) in [5.74, 6) is 0.767. The third kappa shape index (κ3) is 5.08. The summed E-state index contributed by atoms with van der Waals surface area (Å²) in [6, 6.07) is 1.88. The topological polar surface area (TPSA) is 62.6 Å². The number of aryl methyl sites for hydroxylation is 2. The quantitative estimate of drug-likeness (QED) is 0.735. The Bertz CT molecular complexity index is 480. The van der Waals surface area contributed by atoms with E-state index < -0.39 is 0 Å². The fourth-order valence-corrected chi connectivity index (χ4v) is 2.62. The summed E-state index contributed by atoms with van der Waals surface area (Å²) in [5.41, 5.74) is 0.903. The minimum Gasteiger partial charge on any atom is -0.380 e. The Balaban J connectivity index is 1.69. The molecule has 0 bridgehead atoms. The van der Waals surface area contributed by atoms with E-state index in [9.17, 15) is 4.79 Å². The van der Waals surface area contributed by atoms with E-state index >= 15 is 0 Å². The van der Waals surface area contributed by atoms with Crippen molar-refractivity contribution in [3.05, 3.63) is 11.8 Å². The van der Waals surface area contributed by atoms with Gasteiger partial charge in [-0.3, -0.25) is 19.3 Å². The highest BCUT2D eigenvalue weighted by Gasteiger charge is 2.19. The van der Waals surface area contributed by atoms with Crippen LogP contribution in [0.4, 0.5) is 5.82 Å². The maximum atomic E-state index is 12.1. The number of aromatic nitrogens is 2. The Labute approximate surface area is 132 Å². The monoisotopic (exact) mass is 309 g/mol. The average molecular weight is 309 g/mol. The van der Waals surface area contributed by atoms with E-state index in [0.717, 1.165) is 57.4 Å². The van der Waals surface area contributed by atoms with Gasteiger partial charge in [0.15, 0.2) is 0 Å². The molecule has 0 aromatic carbocycles. The van der Waals surface area contributed by atoms with Crippen LogP contribution in [0.3, 0.4) is 0 Å². The number of piperazine rings is 1. The number of nitrogens with zero attached hydrogens (tertiary/aromatic N) is 4. The Morgan fingerprint density at radius 3 is 2.59 bits per heavy atom. The maximum Gasteiger partial charge on any atom is 0.239 e. The third-order valence-electron chi connectivity index (χ3n) is 3.86. The first kappa shape index (κ1) is 16.9. The fourth-order valence-electron chi connectivity index (χ4n) is 2.62. The number of hydrogen-bond acceptors (Lipinski definition) is 5. The van der Waals surface area contributed by atoms with Gasteiger partial charge in [-0.05, 0) is 13.8 Å². The summed E-state index contributed by atoms with van der Waals surface area (Å²) in [6.45, 7) is 10.7. The first-order valence-corrected chi connectivity index (χ1v) is 7.91. The van der Waals surface area contributed by atoms with Gasteiger partial charge in [-0.25, -0.2) is 0 Å². The van der Waals surface area contributed by atoms with Gasteiger partial charge in [0.25, 0.3) is 0 Å². The van der Waals surface area contributed by atoms with Crippen LogP contribution in [0.25, 0.3) is 0 Å². The van der Waals surface area contributed by atoms with Crippen LogP contribution >= 0.6 is 0 Å². The summed E-state index contributed by atoms with van der Waals surface area (Å²) < 4.78 is 7.07. The van der Waals surface area contributed by atoms with Crippen molar-refractivity contribution in [3.63, 3.8) is 0 Å². The zero-order valence-corrected chi connectivity index (χ0v) is 13.8. The van der Waals surface area contributed by atoms with Gasteiger partial charge in [0.05, 0.1) is 18.8 Å². The molecule has 1 aliphatic rings. The molecule has 1 amide bonds. The summed E-state index contributed by atoms with van der Waals surface area (Å²) in [6.07, 6.45) is 0. The summed E-state index contributed by atoms with van der Waals surface area (Å²) >= 11 is 0. The smallest absolute Gasteiger partial charge is 0.239 e. The van der Waals surface area contributed by atoms with Crippen LogP contribution in [0.15, 0.2) is 6.07 Å². The normalized spacial score (nSPS) is 16.9. The van der Waals surface area contributed by atoms with Crippen LogP contribution in [0, 0.1) is 6.92 Å². The highest BCUT2D eigenvalue weighted by atomic mass is 16.5. The SMILES string of the molecule is CCOCCN1CCN(CC(=O)Nc2cc(C)nn2C)CC1. The van der Waals surface area contributed by atoms with Crippen LogP contribution in [0.5, 0.6) is 0 Å². The molecule has 0 spiro atoms. The van der Waals surface area contributed by atoms with Crippen molar-refractivity contribution in [2.45, 2.75) is 13.8 Å². The van der Waals surface area contributed by atoms with Gasteiger partial charge in [0.2, 0.25) is 5.91 Å². The lowest BCUT2D eigenvalue weighted by atomic mass is 10.3. The molecule has 7 heteroatoms. The van der Waals surface area contributed by atoms with Gasteiger partial charge >= 0.3 is 0 Å². The standard InChI is InChI=1S/C15H27N5O2/c1-4-22-10-9-19-5-7-20(8-6-19)12-15(21)16-14-11-13(2)17-18(14)3/h11H,4-10,12H2,1-3H3,(H,16,21). The molecule has 1 saturated heterocycles. The zero-order chi connectivity index (χ0) is 15.9. The van der Waals surface area contributed by atoms with Gasteiger partial charge < -0.3 is 10.1 Å². The number of ether oxygens (including phenoxy) is 1. The molecule has 1 N–H and O–H groups in total. The van der Waals surface area contributed by atoms with E-state index in [1.165, 1.54) is 0 Å². The van der Waals surface area contributed by atoms with Crippen molar-refractivity contribution in [1.29, 1.82) is 0 Å². The summed E-state index contributed by atoms with van der Waals surface area (Å²) in [5, 5.41) is 7.14. The number of amides is 1. The van der Waals surface area contributed by atoms with Crippen molar-refractivity contribution >= 4 is 11.7 Å². The van der Waals surface area contributed by atoms with Crippen LogP contribution in [0.2, 0.25) is 0 Å². The minimum absolute atomic E-state index is 0.0192. The lowest BCUT2D eigenvalue weighted by molar-refractivity contribution is -0.117. The van der Waals surface area contributed by atoms with E-state index in [1.54, 1.807) is 4.68 Å². The molecule has 2 rings (SSSR count). The van der Waals surface area contributed by atoms with Crippen LogP contribution in [-0.2, 0) is 16.6 Å². The van der Waals surface area contributed by atoms with Gasteiger partial charge in [0, 0.05) is 52.4 Å². The lowest BCUT2D eigenvalue weighted by Crippen LogP contribution is -2.49.